The Hall–Kier alpha value is -2.19. The molecule has 0 saturated heterocycles. The van der Waals surface area contributed by atoms with Gasteiger partial charge in [-0.05, 0) is 31.5 Å². The zero-order valence-electron chi connectivity index (χ0n) is 10.7. The molecule has 1 aromatic carbocycles. The van der Waals surface area contributed by atoms with Gasteiger partial charge in [0.25, 0.3) is 5.91 Å². The fourth-order valence-electron chi connectivity index (χ4n) is 1.56. The van der Waals surface area contributed by atoms with Gasteiger partial charge in [0.2, 0.25) is 0 Å². The second kappa shape index (κ2) is 5.63. The number of nitrogens with zero attached hydrogens (tertiary/aromatic N) is 2. The molecule has 0 bridgehead atoms. The van der Waals surface area contributed by atoms with E-state index in [1.165, 1.54) is 11.3 Å². The zero-order chi connectivity index (χ0) is 13.8. The number of anilines is 1. The average Bonchev–Trinajstić information content (AvgIpc) is 2.69. The molecule has 0 radical (unpaired) electrons. The summed E-state index contributed by atoms with van der Waals surface area (Å²) in [5, 5.41) is 12.0. The summed E-state index contributed by atoms with van der Waals surface area (Å²) in [7, 11) is 0. The number of aromatic nitrogens is 1. The Kier molecular flexibility index (Phi) is 3.93. The number of aryl methyl sites for hydroxylation is 2. The van der Waals surface area contributed by atoms with Gasteiger partial charge in [-0.3, -0.25) is 10.1 Å². The number of amides is 1. The fraction of sp³-hybridized carbons (Fsp3) is 0.214. The average molecular weight is 271 g/mol. The number of nitrogens with one attached hydrogen (secondary N) is 1. The second-order valence-electron chi connectivity index (χ2n) is 4.15. The van der Waals surface area contributed by atoms with Crippen LogP contribution in [0.4, 0.5) is 5.13 Å². The van der Waals surface area contributed by atoms with E-state index in [0.717, 1.165) is 16.1 Å². The lowest BCUT2D eigenvalue weighted by atomic mass is 10.1. The highest BCUT2D eigenvalue weighted by atomic mass is 32.1. The summed E-state index contributed by atoms with van der Waals surface area (Å²) in [6.07, 6.45) is 0.354. The van der Waals surface area contributed by atoms with Gasteiger partial charge in [-0.1, -0.05) is 12.1 Å². The first-order valence-electron chi connectivity index (χ1n) is 5.81. The molecule has 2 aromatic rings. The Balaban J connectivity index is 2.09. The summed E-state index contributed by atoms with van der Waals surface area (Å²) in [6, 6.07) is 9.08. The number of rotatable bonds is 3. The molecule has 5 heteroatoms. The third-order valence-corrected chi connectivity index (χ3v) is 3.74. The first-order chi connectivity index (χ1) is 9.10. The Bertz CT molecular complexity index is 618. The number of thiazole rings is 1. The van der Waals surface area contributed by atoms with Crippen molar-refractivity contribution in [1.29, 1.82) is 5.26 Å². The summed E-state index contributed by atoms with van der Waals surface area (Å²) in [4.78, 5) is 17.4. The van der Waals surface area contributed by atoms with Crippen LogP contribution in [0, 0.1) is 25.2 Å². The molecule has 1 N–H and O–H groups in total. The van der Waals surface area contributed by atoms with Gasteiger partial charge in [0.1, 0.15) is 0 Å². The van der Waals surface area contributed by atoms with Gasteiger partial charge in [-0.2, -0.15) is 5.26 Å². The molecular formula is C14H13N3OS. The fourth-order valence-corrected chi connectivity index (χ4v) is 2.37. The van der Waals surface area contributed by atoms with Crippen molar-refractivity contribution in [3.05, 3.63) is 46.0 Å². The first kappa shape index (κ1) is 13.2. The van der Waals surface area contributed by atoms with E-state index in [-0.39, 0.29) is 5.91 Å². The van der Waals surface area contributed by atoms with Crippen molar-refractivity contribution in [2.45, 2.75) is 20.3 Å². The third-order valence-electron chi connectivity index (χ3n) is 2.75. The molecule has 0 fully saturated rings. The van der Waals surface area contributed by atoms with Gasteiger partial charge in [0.05, 0.1) is 18.2 Å². The van der Waals surface area contributed by atoms with E-state index in [2.05, 4.69) is 16.4 Å². The molecule has 0 aliphatic carbocycles. The van der Waals surface area contributed by atoms with E-state index in [4.69, 9.17) is 5.26 Å². The SMILES string of the molecule is Cc1nc(NC(=O)c2ccc(CC#N)cc2)sc1C. The normalized spacial score (nSPS) is 9.95. The molecule has 0 aliphatic rings. The van der Waals surface area contributed by atoms with E-state index >= 15 is 0 Å². The van der Waals surface area contributed by atoms with E-state index in [9.17, 15) is 4.79 Å². The van der Waals surface area contributed by atoms with Crippen LogP contribution in [-0.4, -0.2) is 10.9 Å². The molecule has 4 nitrogen and oxygen atoms in total. The van der Waals surface area contributed by atoms with Crippen molar-refractivity contribution in [2.75, 3.05) is 5.32 Å². The van der Waals surface area contributed by atoms with Crippen LogP contribution in [0.15, 0.2) is 24.3 Å². The monoisotopic (exact) mass is 271 g/mol. The Morgan fingerprint density at radius 3 is 2.58 bits per heavy atom. The smallest absolute Gasteiger partial charge is 0.257 e. The number of carbonyl (C=O) groups excluding carboxylic acids is 1. The molecule has 0 aliphatic heterocycles. The largest absolute Gasteiger partial charge is 0.298 e. The van der Waals surface area contributed by atoms with Crippen molar-refractivity contribution in [3.63, 3.8) is 0 Å². The van der Waals surface area contributed by atoms with Gasteiger partial charge in [-0.15, -0.1) is 11.3 Å². The molecule has 0 atom stereocenters. The van der Waals surface area contributed by atoms with Crippen LogP contribution in [-0.2, 0) is 6.42 Å². The number of hydrogen-bond donors (Lipinski definition) is 1. The second-order valence-corrected chi connectivity index (χ2v) is 5.35. The van der Waals surface area contributed by atoms with Crippen LogP contribution >= 0.6 is 11.3 Å². The van der Waals surface area contributed by atoms with Gasteiger partial charge in [0.15, 0.2) is 5.13 Å². The van der Waals surface area contributed by atoms with E-state index < -0.39 is 0 Å². The lowest BCUT2D eigenvalue weighted by Crippen LogP contribution is -2.11. The quantitative estimate of drug-likeness (QED) is 0.933. The lowest BCUT2D eigenvalue weighted by Gasteiger charge is -2.02. The van der Waals surface area contributed by atoms with Crippen molar-refractivity contribution in [2.24, 2.45) is 0 Å². The Labute approximate surface area is 115 Å². The van der Waals surface area contributed by atoms with E-state index in [0.29, 0.717) is 17.1 Å². The highest BCUT2D eigenvalue weighted by Gasteiger charge is 2.09. The predicted molar refractivity (Wildman–Crippen MR) is 75.3 cm³/mol. The van der Waals surface area contributed by atoms with Crippen LogP contribution in [0.1, 0.15) is 26.5 Å². The minimum absolute atomic E-state index is 0.183. The number of benzene rings is 1. The molecule has 1 amide bonds. The lowest BCUT2D eigenvalue weighted by molar-refractivity contribution is 0.102. The van der Waals surface area contributed by atoms with E-state index in [1.807, 2.05) is 13.8 Å². The predicted octanol–water partition coefficient (Wildman–Crippen LogP) is 3.08. The topological polar surface area (TPSA) is 65.8 Å². The summed E-state index contributed by atoms with van der Waals surface area (Å²) < 4.78 is 0. The zero-order valence-corrected chi connectivity index (χ0v) is 11.5. The van der Waals surface area contributed by atoms with Crippen molar-refractivity contribution < 1.29 is 4.79 Å². The minimum atomic E-state index is -0.183. The molecule has 0 saturated carbocycles. The van der Waals surface area contributed by atoms with Crippen molar-refractivity contribution >= 4 is 22.4 Å². The summed E-state index contributed by atoms with van der Waals surface area (Å²) in [5.74, 6) is -0.183. The van der Waals surface area contributed by atoms with Crippen LogP contribution in [0.3, 0.4) is 0 Å². The number of hydrogen-bond acceptors (Lipinski definition) is 4. The van der Waals surface area contributed by atoms with Crippen LogP contribution in [0.5, 0.6) is 0 Å². The van der Waals surface area contributed by atoms with Gasteiger partial charge >= 0.3 is 0 Å². The maximum Gasteiger partial charge on any atom is 0.257 e. The van der Waals surface area contributed by atoms with Gasteiger partial charge in [0, 0.05) is 10.4 Å². The van der Waals surface area contributed by atoms with Gasteiger partial charge < -0.3 is 0 Å². The molecule has 1 heterocycles. The van der Waals surface area contributed by atoms with Crippen molar-refractivity contribution in [3.8, 4) is 6.07 Å². The van der Waals surface area contributed by atoms with Crippen LogP contribution in [0.25, 0.3) is 0 Å². The van der Waals surface area contributed by atoms with Crippen LogP contribution in [0.2, 0.25) is 0 Å². The molecule has 0 spiro atoms. The van der Waals surface area contributed by atoms with Crippen LogP contribution < -0.4 is 5.32 Å². The third kappa shape index (κ3) is 3.18. The van der Waals surface area contributed by atoms with Crippen molar-refractivity contribution in [1.82, 2.24) is 4.98 Å². The molecule has 2 rings (SSSR count). The standard InChI is InChI=1S/C14H13N3OS/c1-9-10(2)19-14(16-9)17-13(18)12-5-3-11(4-6-12)7-8-15/h3-6H,7H2,1-2H3,(H,16,17,18). The maximum absolute atomic E-state index is 12.0. The number of nitriles is 1. The highest BCUT2D eigenvalue weighted by Crippen LogP contribution is 2.21. The van der Waals surface area contributed by atoms with Gasteiger partial charge in [-0.25, -0.2) is 4.98 Å². The number of carbonyl (C=O) groups is 1. The molecule has 1 aromatic heterocycles. The molecule has 96 valence electrons. The molecule has 0 unspecified atom stereocenters. The summed E-state index contributed by atoms with van der Waals surface area (Å²) in [5.41, 5.74) is 2.40. The Morgan fingerprint density at radius 1 is 1.37 bits per heavy atom. The minimum Gasteiger partial charge on any atom is -0.298 e. The first-order valence-corrected chi connectivity index (χ1v) is 6.63. The van der Waals surface area contributed by atoms with E-state index in [1.54, 1.807) is 24.3 Å². The highest BCUT2D eigenvalue weighted by molar-refractivity contribution is 7.15. The molecule has 19 heavy (non-hydrogen) atoms. The molecular weight excluding hydrogens is 258 g/mol. The Morgan fingerprint density at radius 2 is 2.05 bits per heavy atom. The summed E-state index contributed by atoms with van der Waals surface area (Å²) >= 11 is 1.46. The summed E-state index contributed by atoms with van der Waals surface area (Å²) in [6.45, 7) is 3.89. The maximum atomic E-state index is 12.0.